The highest BCUT2D eigenvalue weighted by Crippen LogP contribution is 2.40. The lowest BCUT2D eigenvalue weighted by Gasteiger charge is -2.22. The van der Waals surface area contributed by atoms with E-state index in [0.29, 0.717) is 33.2 Å². The maximum atomic E-state index is 14.1. The third kappa shape index (κ3) is 7.80. The predicted octanol–water partition coefficient (Wildman–Crippen LogP) is 4.48. The van der Waals surface area contributed by atoms with Gasteiger partial charge in [-0.1, -0.05) is 34.4 Å². The molecule has 0 radical (unpaired) electrons. The number of aliphatic hydroxyl groups is 4. The first-order valence-corrected chi connectivity index (χ1v) is 15.4. The van der Waals surface area contributed by atoms with Gasteiger partial charge in [-0.3, -0.25) is 4.79 Å². The number of carbonyl (C=O) groups is 1. The molecule has 5 atom stereocenters. The molecule has 4 aromatic rings. The van der Waals surface area contributed by atoms with Gasteiger partial charge in [0.2, 0.25) is 0 Å². The molecule has 3 heterocycles. The Hall–Kier alpha value is -2.88. The normalized spacial score (nSPS) is 15.3. The van der Waals surface area contributed by atoms with Crippen LogP contribution < -0.4 is 5.32 Å². The van der Waals surface area contributed by atoms with Crippen LogP contribution in [0.15, 0.2) is 53.0 Å². The monoisotopic (exact) mass is 670 g/mol. The summed E-state index contributed by atoms with van der Waals surface area (Å²) in [6.45, 7) is 2.49. The van der Waals surface area contributed by atoms with Crippen LogP contribution in [0, 0.1) is 6.92 Å². The summed E-state index contributed by atoms with van der Waals surface area (Å²) in [6, 6.07) is 13.0. The van der Waals surface area contributed by atoms with E-state index in [1.165, 1.54) is 0 Å². The molecule has 0 spiro atoms. The van der Waals surface area contributed by atoms with E-state index in [1.807, 2.05) is 29.6 Å². The summed E-state index contributed by atoms with van der Waals surface area (Å²) in [7, 11) is 0. The number of rotatable bonds is 13. The van der Waals surface area contributed by atoms with Crippen molar-refractivity contribution >= 4 is 58.0 Å². The standard InChI is InChI=1S/C28H29Cl2FN4O6S2/c1-14(41-33-12-18(31)26(38)27(39)20(37)13-36)11-32-28(40)24-15(2)25(23-8-7-22(43-23)21-4-3-9-42-21)35(34-24)19-6-5-16(29)10-17(19)30/h3-10,12,14,18,20,26-27,36-39H,11,13H2,1-2H3,(H,32,40)/b33-12+/t14?,18-,20+,26+,27+/m0/s1/i31+0. The van der Waals surface area contributed by atoms with Crippen LogP contribution >= 0.6 is 45.9 Å². The fourth-order valence-corrected chi connectivity index (χ4v) is 6.43. The van der Waals surface area contributed by atoms with Gasteiger partial charge in [-0.25, -0.2) is 9.07 Å². The molecular weight excluding hydrogens is 642 g/mol. The van der Waals surface area contributed by atoms with Gasteiger partial charge in [0.05, 0.1) is 40.6 Å². The number of hydrogen-bond acceptors (Lipinski definition) is 10. The van der Waals surface area contributed by atoms with Crippen molar-refractivity contribution in [1.82, 2.24) is 15.1 Å². The first kappa shape index (κ1) is 33.0. The summed E-state index contributed by atoms with van der Waals surface area (Å²) in [5.41, 5.74) is 2.01. The molecule has 0 saturated heterocycles. The van der Waals surface area contributed by atoms with Crippen molar-refractivity contribution < 1.29 is 34.4 Å². The molecule has 3 aromatic heterocycles. The Bertz CT molecular complexity index is 1560. The third-order valence-electron chi connectivity index (χ3n) is 6.33. The Kier molecular flexibility index (Phi) is 11.3. The van der Waals surface area contributed by atoms with E-state index in [9.17, 15) is 24.5 Å². The fourth-order valence-electron chi connectivity index (χ4n) is 4.01. The number of hydrogen-bond donors (Lipinski definition) is 5. The van der Waals surface area contributed by atoms with Gasteiger partial charge in [0.25, 0.3) is 5.91 Å². The molecule has 0 aliphatic rings. The number of amides is 1. The number of nitrogens with zero attached hydrogens (tertiary/aromatic N) is 3. The summed E-state index contributed by atoms with van der Waals surface area (Å²) < 4.78 is 15.7. The zero-order valence-corrected chi connectivity index (χ0v) is 26.0. The van der Waals surface area contributed by atoms with Gasteiger partial charge in [0.15, 0.2) is 11.9 Å². The highest BCUT2D eigenvalue weighted by molar-refractivity contribution is 7.23. The van der Waals surface area contributed by atoms with Crippen molar-refractivity contribution in [3.63, 3.8) is 0 Å². The second-order valence-corrected chi connectivity index (χ2v) is 12.4. The molecule has 0 saturated carbocycles. The molecule has 1 aromatic carbocycles. The van der Waals surface area contributed by atoms with E-state index < -0.39 is 43.1 Å². The zero-order valence-electron chi connectivity index (χ0n) is 22.9. The largest absolute Gasteiger partial charge is 0.394 e. The molecule has 230 valence electrons. The van der Waals surface area contributed by atoms with Crippen LogP contribution in [0.5, 0.6) is 0 Å². The highest BCUT2D eigenvalue weighted by Gasteiger charge is 2.30. The second kappa shape index (κ2) is 14.7. The Morgan fingerprint density at radius 3 is 2.58 bits per heavy atom. The van der Waals surface area contributed by atoms with Gasteiger partial charge in [0, 0.05) is 20.3 Å². The second-order valence-electron chi connectivity index (χ2n) is 9.53. The number of nitrogens with one attached hydrogen (secondary N) is 1. The molecule has 0 aliphatic heterocycles. The first-order valence-electron chi connectivity index (χ1n) is 13.0. The quantitative estimate of drug-likeness (QED) is 0.104. The maximum absolute atomic E-state index is 14.1. The van der Waals surface area contributed by atoms with Crippen LogP contribution in [0.25, 0.3) is 26.0 Å². The van der Waals surface area contributed by atoms with Crippen molar-refractivity contribution in [1.29, 1.82) is 0 Å². The van der Waals surface area contributed by atoms with E-state index in [-0.39, 0.29) is 12.2 Å². The zero-order chi connectivity index (χ0) is 31.3. The van der Waals surface area contributed by atoms with Crippen LogP contribution in [-0.2, 0) is 4.84 Å². The van der Waals surface area contributed by atoms with Crippen molar-refractivity contribution in [2.24, 2.45) is 5.16 Å². The lowest BCUT2D eigenvalue weighted by atomic mass is 10.1. The van der Waals surface area contributed by atoms with Crippen molar-refractivity contribution in [3.05, 3.63) is 69.1 Å². The minimum atomic E-state index is -2.18. The number of aromatic nitrogens is 2. The number of oxime groups is 1. The van der Waals surface area contributed by atoms with Gasteiger partial charge in [-0.05, 0) is 55.6 Å². The summed E-state index contributed by atoms with van der Waals surface area (Å²) in [5.74, 6) is -0.489. The molecule has 10 nitrogen and oxygen atoms in total. The molecule has 15 heteroatoms. The van der Waals surface area contributed by atoms with Gasteiger partial charge in [-0.2, -0.15) is 5.10 Å². The summed E-state index contributed by atoms with van der Waals surface area (Å²) in [5, 5.41) is 51.1. The summed E-state index contributed by atoms with van der Waals surface area (Å²) in [4.78, 5) is 21.5. The minimum Gasteiger partial charge on any atom is -0.394 e. The van der Waals surface area contributed by atoms with Crippen LogP contribution in [0.4, 0.5) is 4.39 Å². The number of alkyl halides is 1. The number of halogens is 3. The number of thiophene rings is 2. The Labute approximate surface area is 264 Å². The smallest absolute Gasteiger partial charge is 0.272 e. The molecule has 1 amide bonds. The summed E-state index contributed by atoms with van der Waals surface area (Å²) >= 11 is 15.8. The van der Waals surface area contributed by atoms with Crippen molar-refractivity contribution in [3.8, 4) is 26.0 Å². The Morgan fingerprint density at radius 2 is 1.91 bits per heavy atom. The molecule has 43 heavy (non-hydrogen) atoms. The van der Waals surface area contributed by atoms with Crippen LogP contribution in [-0.4, -0.2) is 86.1 Å². The van der Waals surface area contributed by atoms with Crippen LogP contribution in [0.1, 0.15) is 23.0 Å². The molecule has 4 rings (SSSR count). The fraction of sp³-hybridized carbons (Fsp3) is 0.321. The van der Waals surface area contributed by atoms with Gasteiger partial charge in [0.1, 0.15) is 24.4 Å². The summed E-state index contributed by atoms with van der Waals surface area (Å²) in [6.07, 6.45) is -7.96. The van der Waals surface area contributed by atoms with Crippen molar-refractivity contribution in [2.75, 3.05) is 13.2 Å². The molecule has 0 aliphatic carbocycles. The van der Waals surface area contributed by atoms with E-state index in [1.54, 1.807) is 59.4 Å². The van der Waals surface area contributed by atoms with E-state index in [4.69, 9.17) is 33.1 Å². The number of benzene rings is 1. The van der Waals surface area contributed by atoms with E-state index in [0.717, 1.165) is 14.6 Å². The van der Waals surface area contributed by atoms with Crippen LogP contribution in [0.2, 0.25) is 10.0 Å². The number of aliphatic hydroxyl groups excluding tert-OH is 4. The Morgan fingerprint density at radius 1 is 1.16 bits per heavy atom. The average molecular weight is 672 g/mol. The minimum absolute atomic E-state index is 0.0214. The molecule has 1 unspecified atom stereocenters. The molecule has 0 fully saturated rings. The Balaban J connectivity index is 1.51. The SMILES string of the molecule is Cc1c(C(=O)NCC(C)O/N=C/[C@H]([19F])[C@@H](O)[C@H](O)[C@H](O)CO)nn(-c2ccc(Cl)cc2Cl)c1-c1ccc(-c2cccs2)s1. The van der Waals surface area contributed by atoms with Gasteiger partial charge < -0.3 is 30.6 Å². The lowest BCUT2D eigenvalue weighted by molar-refractivity contribution is -0.0892. The molecular formula is C28H29Cl2FN4O6S2. The third-order valence-corrected chi connectivity index (χ3v) is 9.03. The van der Waals surface area contributed by atoms with Gasteiger partial charge in [-0.15, -0.1) is 22.7 Å². The van der Waals surface area contributed by atoms with E-state index >= 15 is 0 Å². The predicted molar refractivity (Wildman–Crippen MR) is 166 cm³/mol. The van der Waals surface area contributed by atoms with Crippen LogP contribution in [0.3, 0.4) is 0 Å². The highest BCUT2D eigenvalue weighted by atomic mass is 35.5. The first-order chi connectivity index (χ1) is 20.5. The van der Waals surface area contributed by atoms with Crippen molar-refractivity contribution in [2.45, 2.75) is 44.4 Å². The van der Waals surface area contributed by atoms with Gasteiger partial charge >= 0.3 is 0 Å². The molecule has 5 N–H and O–H groups in total. The maximum Gasteiger partial charge on any atom is 0.272 e. The average Bonchev–Trinajstić information content (AvgIpc) is 3.75. The number of carbonyl (C=O) groups excluding carboxylic acids is 1. The molecule has 0 bridgehead atoms. The lowest BCUT2D eigenvalue weighted by Crippen LogP contribution is -2.45. The van der Waals surface area contributed by atoms with E-state index in [2.05, 4.69) is 15.6 Å². The topological polar surface area (TPSA) is 149 Å².